The quantitative estimate of drug-likeness (QED) is 0.811. The number of likely N-dealkylation sites (tertiary alicyclic amines) is 1. The largest absolute Gasteiger partial charge is 0.573 e. The van der Waals surface area contributed by atoms with E-state index in [4.69, 9.17) is 0 Å². The van der Waals surface area contributed by atoms with Gasteiger partial charge in [0.15, 0.2) is 0 Å². The van der Waals surface area contributed by atoms with Gasteiger partial charge in [0.05, 0.1) is 27.9 Å². The zero-order valence-corrected chi connectivity index (χ0v) is 14.2. The van der Waals surface area contributed by atoms with Crippen molar-refractivity contribution in [1.29, 1.82) is 0 Å². The monoisotopic (exact) mass is 376 g/mol. The Morgan fingerprint density at radius 2 is 2.16 bits per heavy atom. The summed E-state index contributed by atoms with van der Waals surface area (Å²) in [6.45, 7) is 1.32. The average Bonchev–Trinajstić information content (AvgIpc) is 3.08. The van der Waals surface area contributed by atoms with Crippen LogP contribution in [0.4, 0.5) is 13.2 Å². The second-order valence-electron chi connectivity index (χ2n) is 6.11. The molecule has 3 rings (SSSR count). The van der Waals surface area contributed by atoms with Crippen LogP contribution in [0.2, 0.25) is 0 Å². The first kappa shape index (κ1) is 18.4. The highest BCUT2D eigenvalue weighted by molar-refractivity contribution is 7.18. The van der Waals surface area contributed by atoms with Crippen molar-refractivity contribution in [3.63, 3.8) is 0 Å². The van der Waals surface area contributed by atoms with E-state index in [1.165, 1.54) is 23.5 Å². The lowest BCUT2D eigenvalue weighted by atomic mass is 10.2. The van der Waals surface area contributed by atoms with Crippen LogP contribution in [0.5, 0.6) is 5.75 Å². The third kappa shape index (κ3) is 4.81. The number of nitrogens with zero attached hydrogens (tertiary/aromatic N) is 2. The molecular formula is C16H19F3N2O3S. The van der Waals surface area contributed by atoms with Crippen molar-refractivity contribution in [3.8, 4) is 5.75 Å². The van der Waals surface area contributed by atoms with E-state index >= 15 is 0 Å². The summed E-state index contributed by atoms with van der Waals surface area (Å²) in [7, 11) is 0. The first-order valence-electron chi connectivity index (χ1n) is 8.02. The highest BCUT2D eigenvalue weighted by atomic mass is 32.1. The van der Waals surface area contributed by atoms with E-state index in [9.17, 15) is 23.4 Å². The molecule has 9 heteroatoms. The summed E-state index contributed by atoms with van der Waals surface area (Å²) >= 11 is 1.45. The van der Waals surface area contributed by atoms with Crippen molar-refractivity contribution in [2.75, 3.05) is 19.7 Å². The SMILES string of the molecule is OCC1CC(O)CN1CCCc1nc2cc(OC(F)(F)F)ccc2s1. The van der Waals surface area contributed by atoms with Crippen molar-refractivity contribution in [3.05, 3.63) is 23.2 Å². The Hall–Kier alpha value is -1.42. The van der Waals surface area contributed by atoms with Gasteiger partial charge in [0.2, 0.25) is 0 Å². The van der Waals surface area contributed by atoms with Crippen LogP contribution >= 0.6 is 11.3 Å². The summed E-state index contributed by atoms with van der Waals surface area (Å²) in [6.07, 6.45) is -3.03. The molecule has 1 aromatic heterocycles. The molecule has 0 spiro atoms. The van der Waals surface area contributed by atoms with Crippen molar-refractivity contribution in [2.24, 2.45) is 0 Å². The van der Waals surface area contributed by atoms with Crippen LogP contribution in [0.15, 0.2) is 18.2 Å². The molecule has 1 fully saturated rings. The minimum Gasteiger partial charge on any atom is -0.406 e. The van der Waals surface area contributed by atoms with E-state index in [2.05, 4.69) is 14.6 Å². The molecule has 0 amide bonds. The molecule has 1 aromatic carbocycles. The number of aliphatic hydroxyl groups excluding tert-OH is 2. The van der Waals surface area contributed by atoms with Crippen molar-refractivity contribution >= 4 is 21.6 Å². The van der Waals surface area contributed by atoms with E-state index in [-0.39, 0.29) is 18.4 Å². The molecule has 5 nitrogen and oxygen atoms in total. The van der Waals surface area contributed by atoms with Gasteiger partial charge in [0.1, 0.15) is 5.75 Å². The number of ether oxygens (including phenoxy) is 1. The fraction of sp³-hybridized carbons (Fsp3) is 0.562. The zero-order chi connectivity index (χ0) is 18.0. The van der Waals surface area contributed by atoms with Gasteiger partial charge in [-0.05, 0) is 31.5 Å². The van der Waals surface area contributed by atoms with Crippen LogP contribution in [-0.2, 0) is 6.42 Å². The predicted octanol–water partition coefficient (Wildman–Crippen LogP) is 2.56. The number of aromatic nitrogens is 1. The number of hydrogen-bond acceptors (Lipinski definition) is 6. The number of β-amino-alcohol motifs (C(OH)–C–C–N with tert-alkyl or cyclic N) is 1. The summed E-state index contributed by atoms with van der Waals surface area (Å²) in [4.78, 5) is 6.44. The van der Waals surface area contributed by atoms with Crippen LogP contribution in [-0.4, -0.2) is 58.3 Å². The predicted molar refractivity (Wildman–Crippen MR) is 87.7 cm³/mol. The van der Waals surface area contributed by atoms with Crippen LogP contribution in [0.25, 0.3) is 10.2 Å². The van der Waals surface area contributed by atoms with Crippen LogP contribution in [0.1, 0.15) is 17.8 Å². The number of alkyl halides is 3. The summed E-state index contributed by atoms with van der Waals surface area (Å²) in [6, 6.07) is 4.15. The summed E-state index contributed by atoms with van der Waals surface area (Å²) in [5, 5.41) is 19.8. The number of rotatable bonds is 6. The average molecular weight is 376 g/mol. The molecule has 2 aromatic rings. The minimum atomic E-state index is -4.71. The molecule has 2 N–H and O–H groups in total. The molecule has 0 saturated carbocycles. The molecule has 2 heterocycles. The number of aryl methyl sites for hydroxylation is 1. The Balaban J connectivity index is 1.59. The highest BCUT2D eigenvalue weighted by Crippen LogP contribution is 2.30. The number of benzene rings is 1. The summed E-state index contributed by atoms with van der Waals surface area (Å²) in [5.41, 5.74) is 0.492. The van der Waals surface area contributed by atoms with E-state index in [1.807, 2.05) is 0 Å². The molecule has 2 atom stereocenters. The molecule has 1 saturated heterocycles. The number of hydrogen-bond donors (Lipinski definition) is 2. The van der Waals surface area contributed by atoms with Crippen LogP contribution in [0, 0.1) is 0 Å². The van der Waals surface area contributed by atoms with Gasteiger partial charge in [-0.3, -0.25) is 4.90 Å². The first-order valence-corrected chi connectivity index (χ1v) is 8.84. The molecule has 0 bridgehead atoms. The number of fused-ring (bicyclic) bond motifs is 1. The van der Waals surface area contributed by atoms with E-state index in [0.717, 1.165) is 22.7 Å². The summed E-state index contributed by atoms with van der Waals surface area (Å²) in [5.74, 6) is -0.270. The second-order valence-corrected chi connectivity index (χ2v) is 7.22. The lowest BCUT2D eigenvalue weighted by molar-refractivity contribution is -0.274. The Bertz CT molecular complexity index is 722. The normalized spacial score (nSPS) is 22.0. The highest BCUT2D eigenvalue weighted by Gasteiger charge is 2.31. The fourth-order valence-electron chi connectivity index (χ4n) is 3.11. The zero-order valence-electron chi connectivity index (χ0n) is 13.4. The van der Waals surface area contributed by atoms with Crippen molar-refractivity contribution in [1.82, 2.24) is 9.88 Å². The Labute approximate surface area is 146 Å². The molecule has 2 unspecified atom stereocenters. The van der Waals surface area contributed by atoms with Gasteiger partial charge in [-0.2, -0.15) is 0 Å². The third-order valence-electron chi connectivity index (χ3n) is 4.19. The van der Waals surface area contributed by atoms with Crippen molar-refractivity contribution < 1.29 is 28.1 Å². The Morgan fingerprint density at radius 1 is 1.36 bits per heavy atom. The first-order chi connectivity index (χ1) is 11.8. The minimum absolute atomic E-state index is 0.00700. The molecule has 0 radical (unpaired) electrons. The van der Waals surface area contributed by atoms with Gasteiger partial charge in [-0.1, -0.05) is 0 Å². The molecular weight excluding hydrogens is 357 g/mol. The van der Waals surface area contributed by atoms with Gasteiger partial charge in [-0.25, -0.2) is 4.98 Å². The lowest BCUT2D eigenvalue weighted by Crippen LogP contribution is -2.33. The Morgan fingerprint density at radius 3 is 2.88 bits per heavy atom. The maximum Gasteiger partial charge on any atom is 0.573 e. The van der Waals surface area contributed by atoms with Crippen LogP contribution in [0.3, 0.4) is 0 Å². The molecule has 1 aliphatic heterocycles. The molecule has 0 aliphatic carbocycles. The maximum atomic E-state index is 12.3. The third-order valence-corrected chi connectivity index (χ3v) is 5.29. The number of thiazole rings is 1. The topological polar surface area (TPSA) is 65.8 Å². The van der Waals surface area contributed by atoms with E-state index in [0.29, 0.717) is 24.9 Å². The molecule has 25 heavy (non-hydrogen) atoms. The smallest absolute Gasteiger partial charge is 0.406 e. The fourth-order valence-corrected chi connectivity index (χ4v) is 4.10. The maximum absolute atomic E-state index is 12.3. The van der Waals surface area contributed by atoms with E-state index in [1.54, 1.807) is 6.07 Å². The van der Waals surface area contributed by atoms with Crippen molar-refractivity contribution in [2.45, 2.75) is 37.8 Å². The second kappa shape index (κ2) is 7.45. The van der Waals surface area contributed by atoms with Gasteiger partial charge in [0, 0.05) is 25.1 Å². The Kier molecular flexibility index (Phi) is 5.47. The molecule has 138 valence electrons. The molecule has 1 aliphatic rings. The lowest BCUT2D eigenvalue weighted by Gasteiger charge is -2.21. The van der Waals surface area contributed by atoms with Gasteiger partial charge in [0.25, 0.3) is 0 Å². The number of aliphatic hydroxyl groups is 2. The van der Waals surface area contributed by atoms with Gasteiger partial charge >= 0.3 is 6.36 Å². The summed E-state index contributed by atoms with van der Waals surface area (Å²) < 4.78 is 41.5. The standard InChI is InChI=1S/C16H19F3N2O3S/c17-16(18,19)24-12-3-4-14-13(7-12)20-15(25-14)2-1-5-21-8-11(23)6-10(21)9-22/h3-4,7,10-11,22-23H,1-2,5-6,8-9H2. The van der Waals surface area contributed by atoms with Gasteiger partial charge < -0.3 is 14.9 Å². The number of halogens is 3. The van der Waals surface area contributed by atoms with E-state index < -0.39 is 12.5 Å². The van der Waals surface area contributed by atoms with Gasteiger partial charge in [-0.15, -0.1) is 24.5 Å². The van der Waals surface area contributed by atoms with Crippen LogP contribution < -0.4 is 4.74 Å².